The van der Waals surface area contributed by atoms with E-state index in [0.29, 0.717) is 27.3 Å². The van der Waals surface area contributed by atoms with Crippen molar-refractivity contribution in [2.75, 3.05) is 19.6 Å². The van der Waals surface area contributed by atoms with Crippen LogP contribution in [0.5, 0.6) is 0 Å². The van der Waals surface area contributed by atoms with Gasteiger partial charge in [-0.1, -0.05) is 23.2 Å². The maximum absolute atomic E-state index is 12.4. The molecule has 3 saturated heterocycles. The van der Waals surface area contributed by atoms with Crippen molar-refractivity contribution in [3.8, 4) is 11.3 Å². The van der Waals surface area contributed by atoms with Crippen LogP contribution in [0.3, 0.4) is 0 Å². The van der Waals surface area contributed by atoms with E-state index in [0.717, 1.165) is 32.5 Å². The fraction of sp³-hybridized carbons (Fsp3) is 0.412. The van der Waals surface area contributed by atoms with Gasteiger partial charge in [0.15, 0.2) is 5.76 Å². The van der Waals surface area contributed by atoms with Crippen molar-refractivity contribution in [1.82, 2.24) is 15.2 Å². The SMILES string of the molecule is O=C(N[C@H]1CN2CCC1CC2)c1ncc(-c2cc(Cl)cc(Cl)c2)o1. The molecule has 1 aromatic carbocycles. The third-order valence-corrected chi connectivity index (χ3v) is 5.26. The van der Waals surface area contributed by atoms with Crippen LogP contribution in [0.2, 0.25) is 10.0 Å². The predicted octanol–water partition coefficient (Wildman–Crippen LogP) is 3.47. The molecule has 7 heteroatoms. The molecule has 0 aliphatic carbocycles. The maximum atomic E-state index is 12.4. The minimum absolute atomic E-state index is 0.0672. The molecule has 5 rings (SSSR count). The average molecular weight is 366 g/mol. The summed E-state index contributed by atoms with van der Waals surface area (Å²) in [5.41, 5.74) is 0.696. The van der Waals surface area contributed by atoms with E-state index < -0.39 is 0 Å². The van der Waals surface area contributed by atoms with Crippen molar-refractivity contribution in [3.05, 3.63) is 40.3 Å². The molecule has 4 heterocycles. The Bertz CT molecular complexity index is 749. The van der Waals surface area contributed by atoms with Crippen molar-refractivity contribution < 1.29 is 9.21 Å². The number of piperidine rings is 3. The average Bonchev–Trinajstić information content (AvgIpc) is 3.05. The third kappa shape index (κ3) is 3.16. The second-order valence-electron chi connectivity index (χ2n) is 6.41. The highest BCUT2D eigenvalue weighted by Gasteiger charge is 2.35. The van der Waals surface area contributed by atoms with E-state index >= 15 is 0 Å². The van der Waals surface area contributed by atoms with Gasteiger partial charge in [0.2, 0.25) is 0 Å². The highest BCUT2D eigenvalue weighted by Crippen LogP contribution is 2.29. The van der Waals surface area contributed by atoms with Crippen LogP contribution in [0, 0.1) is 5.92 Å². The molecule has 1 atom stereocenters. The van der Waals surface area contributed by atoms with Crippen LogP contribution in [0.4, 0.5) is 0 Å². The zero-order valence-corrected chi connectivity index (χ0v) is 14.5. The molecular formula is C17H17Cl2N3O2. The van der Waals surface area contributed by atoms with E-state index in [1.165, 1.54) is 6.20 Å². The summed E-state index contributed by atoms with van der Waals surface area (Å²) in [6.07, 6.45) is 3.80. The topological polar surface area (TPSA) is 58.4 Å². The number of carbonyl (C=O) groups is 1. The van der Waals surface area contributed by atoms with Gasteiger partial charge in [0.1, 0.15) is 0 Å². The van der Waals surface area contributed by atoms with Crippen molar-refractivity contribution in [2.45, 2.75) is 18.9 Å². The first-order valence-corrected chi connectivity index (χ1v) is 8.79. The molecule has 1 aromatic heterocycles. The van der Waals surface area contributed by atoms with Crippen LogP contribution in [0.15, 0.2) is 28.8 Å². The lowest BCUT2D eigenvalue weighted by Crippen LogP contribution is -2.57. The number of oxazole rings is 1. The Kier molecular flexibility index (Phi) is 4.24. The van der Waals surface area contributed by atoms with Crippen LogP contribution >= 0.6 is 23.2 Å². The highest BCUT2D eigenvalue weighted by molar-refractivity contribution is 6.35. The number of nitrogens with zero attached hydrogens (tertiary/aromatic N) is 2. The van der Waals surface area contributed by atoms with Gasteiger partial charge in [0.05, 0.1) is 6.20 Å². The lowest BCUT2D eigenvalue weighted by atomic mass is 9.84. The number of hydrogen-bond acceptors (Lipinski definition) is 4. The van der Waals surface area contributed by atoms with Crippen LogP contribution in [0.25, 0.3) is 11.3 Å². The number of rotatable bonds is 3. The van der Waals surface area contributed by atoms with Crippen LogP contribution in [-0.2, 0) is 0 Å². The quantitative estimate of drug-likeness (QED) is 0.904. The molecule has 5 nitrogen and oxygen atoms in total. The van der Waals surface area contributed by atoms with Gasteiger partial charge in [-0.25, -0.2) is 4.98 Å². The first-order chi connectivity index (χ1) is 11.6. The van der Waals surface area contributed by atoms with Crippen molar-refractivity contribution >= 4 is 29.1 Å². The van der Waals surface area contributed by atoms with E-state index in [9.17, 15) is 4.79 Å². The Balaban J connectivity index is 1.49. The molecule has 2 bridgehead atoms. The Morgan fingerprint density at radius 1 is 1.21 bits per heavy atom. The Hall–Kier alpha value is -1.56. The van der Waals surface area contributed by atoms with Crippen molar-refractivity contribution in [2.24, 2.45) is 5.92 Å². The normalized spacial score (nSPS) is 25.7. The Morgan fingerprint density at radius 3 is 2.54 bits per heavy atom. The molecule has 0 spiro atoms. The molecule has 3 aliphatic heterocycles. The van der Waals surface area contributed by atoms with Gasteiger partial charge in [-0.15, -0.1) is 0 Å². The fourth-order valence-corrected chi connectivity index (χ4v) is 4.09. The molecule has 126 valence electrons. The number of amides is 1. The molecule has 2 aromatic rings. The monoisotopic (exact) mass is 365 g/mol. The summed E-state index contributed by atoms with van der Waals surface area (Å²) in [6.45, 7) is 3.18. The fourth-order valence-electron chi connectivity index (χ4n) is 3.57. The summed E-state index contributed by atoms with van der Waals surface area (Å²) in [6, 6.07) is 5.27. The van der Waals surface area contributed by atoms with Crippen LogP contribution in [0.1, 0.15) is 23.5 Å². The van der Waals surface area contributed by atoms with Gasteiger partial charge in [0, 0.05) is 28.2 Å². The van der Waals surface area contributed by atoms with Crippen LogP contribution in [-0.4, -0.2) is 41.5 Å². The Morgan fingerprint density at radius 2 is 1.92 bits per heavy atom. The smallest absolute Gasteiger partial charge is 0.307 e. The summed E-state index contributed by atoms with van der Waals surface area (Å²) >= 11 is 12.0. The number of benzene rings is 1. The number of halogens is 2. The molecule has 0 radical (unpaired) electrons. The zero-order chi connectivity index (χ0) is 16.7. The van der Waals surface area contributed by atoms with E-state index in [1.807, 2.05) is 0 Å². The molecule has 1 N–H and O–H groups in total. The lowest BCUT2D eigenvalue weighted by Gasteiger charge is -2.44. The Labute approximate surface area is 149 Å². The van der Waals surface area contributed by atoms with Crippen molar-refractivity contribution in [3.63, 3.8) is 0 Å². The third-order valence-electron chi connectivity index (χ3n) is 4.82. The van der Waals surface area contributed by atoms with Crippen molar-refractivity contribution in [1.29, 1.82) is 0 Å². The molecule has 3 fully saturated rings. The molecule has 1 amide bonds. The molecule has 24 heavy (non-hydrogen) atoms. The number of fused-ring (bicyclic) bond motifs is 3. The van der Waals surface area contributed by atoms with E-state index in [-0.39, 0.29) is 17.8 Å². The zero-order valence-electron chi connectivity index (χ0n) is 13.0. The first kappa shape index (κ1) is 15.9. The van der Waals surface area contributed by atoms with E-state index in [2.05, 4.69) is 15.2 Å². The summed E-state index contributed by atoms with van der Waals surface area (Å²) < 4.78 is 5.61. The minimum atomic E-state index is -0.270. The molecule has 3 aliphatic rings. The molecule has 0 unspecified atom stereocenters. The van der Waals surface area contributed by atoms with Crippen LogP contribution < -0.4 is 5.32 Å². The number of hydrogen-bond donors (Lipinski definition) is 1. The summed E-state index contributed by atoms with van der Waals surface area (Å²) in [4.78, 5) is 18.9. The summed E-state index contributed by atoms with van der Waals surface area (Å²) in [7, 11) is 0. The second-order valence-corrected chi connectivity index (χ2v) is 7.28. The first-order valence-electron chi connectivity index (χ1n) is 8.04. The van der Waals surface area contributed by atoms with E-state index in [4.69, 9.17) is 27.6 Å². The standard InChI is InChI=1S/C17H17Cl2N3O2/c18-12-5-11(6-13(19)7-12)15-8-20-17(24-15)16(23)21-14-9-22-3-1-10(14)2-4-22/h5-8,10,14H,1-4,9H2,(H,21,23)/t14-/m0/s1. The summed E-state index contributed by atoms with van der Waals surface area (Å²) in [5.74, 6) is 0.823. The van der Waals surface area contributed by atoms with Gasteiger partial charge < -0.3 is 14.6 Å². The van der Waals surface area contributed by atoms with Gasteiger partial charge in [-0.05, 0) is 50.0 Å². The summed E-state index contributed by atoms with van der Waals surface area (Å²) in [5, 5.41) is 4.08. The number of aromatic nitrogens is 1. The largest absolute Gasteiger partial charge is 0.432 e. The van der Waals surface area contributed by atoms with Gasteiger partial charge in [-0.2, -0.15) is 0 Å². The number of nitrogens with one attached hydrogen (secondary N) is 1. The van der Waals surface area contributed by atoms with E-state index in [1.54, 1.807) is 18.2 Å². The van der Waals surface area contributed by atoms with Gasteiger partial charge >= 0.3 is 5.91 Å². The molecule has 0 saturated carbocycles. The highest BCUT2D eigenvalue weighted by atomic mass is 35.5. The minimum Gasteiger partial charge on any atom is -0.432 e. The second kappa shape index (κ2) is 6.39. The molecular weight excluding hydrogens is 349 g/mol. The predicted molar refractivity (Wildman–Crippen MR) is 92.4 cm³/mol. The lowest BCUT2D eigenvalue weighted by molar-refractivity contribution is 0.0602. The number of carbonyl (C=O) groups excluding carboxylic acids is 1. The maximum Gasteiger partial charge on any atom is 0.307 e. The van der Waals surface area contributed by atoms with Gasteiger partial charge in [0.25, 0.3) is 5.89 Å². The van der Waals surface area contributed by atoms with Gasteiger partial charge in [-0.3, -0.25) is 4.79 Å².